The zero-order chi connectivity index (χ0) is 9.97. The molecule has 6 N–H and O–H groups in total. The van der Waals surface area contributed by atoms with E-state index < -0.39 is 29.7 Å². The smallest absolute Gasteiger partial charge is 0.292 e. The van der Waals surface area contributed by atoms with Gasteiger partial charge in [0.2, 0.25) is 0 Å². The summed E-state index contributed by atoms with van der Waals surface area (Å²) >= 11 is 0. The van der Waals surface area contributed by atoms with Crippen molar-refractivity contribution in [3.8, 4) is 0 Å². The van der Waals surface area contributed by atoms with E-state index in [9.17, 15) is 14.4 Å². The second kappa shape index (κ2) is 1.69. The van der Waals surface area contributed by atoms with Crippen LogP contribution < -0.4 is 31.9 Å². The summed E-state index contributed by atoms with van der Waals surface area (Å²) in [6.07, 6.45) is 0. The van der Waals surface area contributed by atoms with E-state index in [0.717, 1.165) is 0 Å². The van der Waals surface area contributed by atoms with E-state index in [-0.39, 0.29) is 0 Å². The highest BCUT2D eigenvalue weighted by Gasteiger charge is 2.71. The first kappa shape index (κ1) is 7.24. The highest BCUT2D eigenvalue weighted by molar-refractivity contribution is 5.94. The summed E-state index contributed by atoms with van der Waals surface area (Å²) < 4.78 is 0. The zero-order valence-electron chi connectivity index (χ0n) is 6.72. The number of urea groups is 3. The van der Waals surface area contributed by atoms with Gasteiger partial charge >= 0.3 is 18.1 Å². The maximum atomic E-state index is 11.1. The van der Waals surface area contributed by atoms with E-state index in [4.69, 9.17) is 0 Å². The van der Waals surface area contributed by atoms with Gasteiger partial charge in [-0.3, -0.25) is 31.9 Å². The number of hydrogen-bond acceptors (Lipinski definition) is 3. The van der Waals surface area contributed by atoms with Gasteiger partial charge in [-0.15, -0.1) is 0 Å². The molecule has 0 aliphatic carbocycles. The number of amides is 6. The molecule has 3 saturated heterocycles. The van der Waals surface area contributed by atoms with Crippen LogP contribution in [-0.4, -0.2) is 29.7 Å². The fraction of sp³-hybridized carbons (Fsp3) is 0.400. The third-order valence-electron chi connectivity index (χ3n) is 2.37. The molecule has 6 amide bonds. The summed E-state index contributed by atoms with van der Waals surface area (Å²) in [5.41, 5.74) is 0. The van der Waals surface area contributed by atoms with Crippen molar-refractivity contribution < 1.29 is 14.4 Å². The third-order valence-corrected chi connectivity index (χ3v) is 2.37. The number of nitrogens with one attached hydrogen (secondary N) is 6. The Morgan fingerprint density at radius 2 is 0.786 bits per heavy atom. The van der Waals surface area contributed by atoms with E-state index in [1.165, 1.54) is 0 Å². The molecule has 0 aromatic heterocycles. The molecular weight excluding hydrogens is 192 g/mol. The van der Waals surface area contributed by atoms with Gasteiger partial charge in [0.15, 0.2) is 0 Å². The van der Waals surface area contributed by atoms with Crippen LogP contribution in [0.5, 0.6) is 0 Å². The lowest BCUT2D eigenvalue weighted by atomic mass is 10.2. The lowest BCUT2D eigenvalue weighted by Crippen LogP contribution is -2.71. The summed E-state index contributed by atoms with van der Waals surface area (Å²) in [7, 11) is 0. The number of hydrogen-bond donors (Lipinski definition) is 6. The fourth-order valence-electron chi connectivity index (χ4n) is 1.87. The Morgan fingerprint density at radius 1 is 0.571 bits per heavy atom. The van der Waals surface area contributed by atoms with Gasteiger partial charge in [0.05, 0.1) is 0 Å². The third kappa shape index (κ3) is 0.562. The van der Waals surface area contributed by atoms with E-state index in [1.807, 2.05) is 0 Å². The Hall–Kier alpha value is -2.19. The molecule has 9 nitrogen and oxygen atoms in total. The van der Waals surface area contributed by atoms with E-state index in [0.29, 0.717) is 0 Å². The molecule has 3 heterocycles. The monoisotopic (exact) mass is 198 g/mol. The molecule has 0 aromatic rings. The maximum absolute atomic E-state index is 11.1. The number of carbonyl (C=O) groups excluding carboxylic acids is 3. The van der Waals surface area contributed by atoms with Gasteiger partial charge in [-0.25, -0.2) is 14.4 Å². The second-order valence-corrected chi connectivity index (χ2v) is 3.24. The summed E-state index contributed by atoms with van der Waals surface area (Å²) in [6.45, 7) is 0. The van der Waals surface area contributed by atoms with Crippen LogP contribution in [0.1, 0.15) is 0 Å². The lowest BCUT2D eigenvalue weighted by molar-refractivity contribution is 0.207. The zero-order valence-corrected chi connectivity index (χ0v) is 6.72. The topological polar surface area (TPSA) is 123 Å². The molecule has 0 bridgehead atoms. The highest BCUT2D eigenvalue weighted by atomic mass is 16.2. The SMILES string of the molecule is O=C1NC23NC(=O)NC2(N1)NC(=O)N3. The predicted molar refractivity (Wildman–Crippen MR) is 40.5 cm³/mol. The second-order valence-electron chi connectivity index (χ2n) is 3.24. The van der Waals surface area contributed by atoms with Gasteiger partial charge in [-0.1, -0.05) is 0 Å². The van der Waals surface area contributed by atoms with Gasteiger partial charge < -0.3 is 0 Å². The van der Waals surface area contributed by atoms with Crippen molar-refractivity contribution in [1.82, 2.24) is 31.9 Å². The van der Waals surface area contributed by atoms with E-state index >= 15 is 0 Å². The molecular formula is C5H6N6O3. The Bertz CT molecular complexity index is 295. The summed E-state index contributed by atoms with van der Waals surface area (Å²) in [5.74, 6) is -2.64. The molecule has 0 radical (unpaired) electrons. The van der Waals surface area contributed by atoms with Crippen molar-refractivity contribution in [3.05, 3.63) is 0 Å². The van der Waals surface area contributed by atoms with Gasteiger partial charge in [0, 0.05) is 0 Å². The van der Waals surface area contributed by atoms with Crippen LogP contribution in [0.25, 0.3) is 0 Å². The van der Waals surface area contributed by atoms with Crippen LogP contribution in [-0.2, 0) is 0 Å². The van der Waals surface area contributed by atoms with Gasteiger partial charge in [0.1, 0.15) is 0 Å². The molecule has 0 unspecified atom stereocenters. The van der Waals surface area contributed by atoms with E-state index in [2.05, 4.69) is 31.9 Å². The minimum absolute atomic E-state index is 0.495. The largest absolute Gasteiger partial charge is 0.321 e. The van der Waals surface area contributed by atoms with Gasteiger partial charge in [0.25, 0.3) is 11.6 Å². The van der Waals surface area contributed by atoms with Gasteiger partial charge in [-0.05, 0) is 0 Å². The Morgan fingerprint density at radius 3 is 1.00 bits per heavy atom. The van der Waals surface area contributed by atoms with Gasteiger partial charge in [-0.2, -0.15) is 0 Å². The first-order valence-electron chi connectivity index (χ1n) is 3.86. The van der Waals surface area contributed by atoms with Crippen molar-refractivity contribution in [1.29, 1.82) is 0 Å². The Labute approximate surface area is 77.0 Å². The molecule has 74 valence electrons. The first-order chi connectivity index (χ1) is 6.55. The van der Waals surface area contributed by atoms with Crippen molar-refractivity contribution in [2.45, 2.75) is 11.6 Å². The molecule has 9 heteroatoms. The molecule has 3 fully saturated rings. The maximum Gasteiger partial charge on any atom is 0.321 e. The lowest BCUT2D eigenvalue weighted by Gasteiger charge is -2.26. The average molecular weight is 198 g/mol. The minimum Gasteiger partial charge on any atom is -0.292 e. The quantitative estimate of drug-likeness (QED) is 0.252. The molecule has 0 saturated carbocycles. The molecule has 0 atom stereocenters. The summed E-state index contributed by atoms with van der Waals surface area (Å²) in [4.78, 5) is 33.2. The van der Waals surface area contributed by atoms with Crippen LogP contribution in [0.4, 0.5) is 14.4 Å². The average Bonchev–Trinajstić information content (AvgIpc) is 2.39. The molecule has 3 aliphatic heterocycles. The van der Waals surface area contributed by atoms with Crippen molar-refractivity contribution >= 4 is 18.1 Å². The normalized spacial score (nSPS) is 42.4. The predicted octanol–water partition coefficient (Wildman–Crippen LogP) is -2.77. The fourth-order valence-corrected chi connectivity index (χ4v) is 1.87. The Balaban J connectivity index is 2.11. The standard InChI is InChI=1S/C5H6N6O3/c12-1-6-4-5(7-1,9-2(13)8-4)11-3(14)10-4/h(H2,6,7,12)(H2,8,9,13)(H2,10,11,14). The number of carbonyl (C=O) groups is 3. The highest BCUT2D eigenvalue weighted by Crippen LogP contribution is 2.26. The van der Waals surface area contributed by atoms with Crippen LogP contribution >= 0.6 is 0 Å². The molecule has 0 aromatic carbocycles. The number of rotatable bonds is 0. The molecule has 3 aliphatic rings. The Kier molecular flexibility index (Phi) is 0.874. The van der Waals surface area contributed by atoms with Crippen LogP contribution in [0.2, 0.25) is 0 Å². The first-order valence-corrected chi connectivity index (χ1v) is 3.86. The van der Waals surface area contributed by atoms with E-state index in [1.54, 1.807) is 0 Å². The van der Waals surface area contributed by atoms with Crippen molar-refractivity contribution in [3.63, 3.8) is 0 Å². The van der Waals surface area contributed by atoms with Crippen molar-refractivity contribution in [2.75, 3.05) is 0 Å². The van der Waals surface area contributed by atoms with Crippen molar-refractivity contribution in [2.24, 2.45) is 0 Å². The van der Waals surface area contributed by atoms with Crippen LogP contribution in [0.15, 0.2) is 0 Å². The van der Waals surface area contributed by atoms with Crippen LogP contribution in [0, 0.1) is 0 Å². The molecule has 3 rings (SSSR count). The minimum atomic E-state index is -1.32. The molecule has 14 heavy (non-hydrogen) atoms. The van der Waals surface area contributed by atoms with Crippen LogP contribution in [0.3, 0.4) is 0 Å². The summed E-state index contributed by atoms with van der Waals surface area (Å²) in [5, 5.41) is 14.4. The summed E-state index contributed by atoms with van der Waals surface area (Å²) in [6, 6.07) is -1.49. The molecule has 0 spiro atoms.